The second-order valence-electron chi connectivity index (χ2n) is 4.57. The van der Waals surface area contributed by atoms with Crippen molar-refractivity contribution in [3.63, 3.8) is 0 Å². The lowest BCUT2D eigenvalue weighted by Gasteiger charge is -2.18. The Labute approximate surface area is 114 Å². The van der Waals surface area contributed by atoms with Crippen molar-refractivity contribution in [2.75, 3.05) is 20.1 Å². The highest BCUT2D eigenvalue weighted by Crippen LogP contribution is 2.26. The normalized spacial score (nSPS) is 16.1. The lowest BCUT2D eigenvalue weighted by Crippen LogP contribution is -2.36. The van der Waals surface area contributed by atoms with Gasteiger partial charge in [-0.05, 0) is 37.7 Å². The molecular weight excluding hydrogens is 296 g/mol. The Hall–Kier alpha value is -1.20. The summed E-state index contributed by atoms with van der Waals surface area (Å²) in [6, 6.07) is 5.19. The largest absolute Gasteiger partial charge is 0.319 e. The second kappa shape index (κ2) is 5.20. The molecule has 18 heavy (non-hydrogen) atoms. The highest BCUT2D eigenvalue weighted by molar-refractivity contribution is 9.10. The number of halogens is 1. The average molecular weight is 311 g/mol. The number of hydrogen-bond donors (Lipinski definition) is 1. The molecule has 1 heterocycles. The molecule has 1 atom stereocenters. The first kappa shape index (κ1) is 13.2. The Morgan fingerprint density at radius 2 is 1.94 bits per heavy atom. The number of nitrogens with zero attached hydrogens (tertiary/aromatic N) is 1. The molecule has 0 saturated heterocycles. The summed E-state index contributed by atoms with van der Waals surface area (Å²) in [4.78, 5) is 25.6. The number of hydrogen-bond acceptors (Lipinski definition) is 3. The maximum Gasteiger partial charge on any atom is 0.261 e. The van der Waals surface area contributed by atoms with Crippen LogP contribution in [0.3, 0.4) is 0 Å². The second-order valence-corrected chi connectivity index (χ2v) is 5.49. The topological polar surface area (TPSA) is 49.4 Å². The molecule has 0 aliphatic carbocycles. The van der Waals surface area contributed by atoms with Crippen molar-refractivity contribution in [1.29, 1.82) is 0 Å². The quantitative estimate of drug-likeness (QED) is 0.864. The Balaban J connectivity index is 2.23. The summed E-state index contributed by atoms with van der Waals surface area (Å²) in [6.45, 7) is 3.23. The minimum atomic E-state index is -0.195. The summed E-state index contributed by atoms with van der Waals surface area (Å²) < 4.78 is 0.813. The van der Waals surface area contributed by atoms with Crippen LogP contribution < -0.4 is 5.32 Å². The van der Waals surface area contributed by atoms with E-state index in [0.717, 1.165) is 11.0 Å². The predicted molar refractivity (Wildman–Crippen MR) is 72.6 cm³/mol. The molecule has 5 heteroatoms. The Morgan fingerprint density at radius 3 is 2.61 bits per heavy atom. The van der Waals surface area contributed by atoms with Crippen molar-refractivity contribution in [1.82, 2.24) is 10.2 Å². The summed E-state index contributed by atoms with van der Waals surface area (Å²) >= 11 is 3.32. The van der Waals surface area contributed by atoms with E-state index in [0.29, 0.717) is 17.7 Å². The van der Waals surface area contributed by atoms with Crippen LogP contribution in [0.5, 0.6) is 0 Å². The van der Waals surface area contributed by atoms with E-state index in [4.69, 9.17) is 0 Å². The van der Waals surface area contributed by atoms with Crippen molar-refractivity contribution < 1.29 is 9.59 Å². The van der Waals surface area contributed by atoms with Gasteiger partial charge in [0.15, 0.2) is 0 Å². The SMILES string of the molecule is CNCC(C)CN1C(=O)c2ccc(Br)cc2C1=O. The molecule has 1 N–H and O–H groups in total. The molecule has 2 amide bonds. The van der Waals surface area contributed by atoms with Crippen LogP contribution in [0.15, 0.2) is 22.7 Å². The molecule has 2 rings (SSSR count). The molecule has 0 aromatic heterocycles. The highest BCUT2D eigenvalue weighted by Gasteiger charge is 2.35. The van der Waals surface area contributed by atoms with E-state index >= 15 is 0 Å². The van der Waals surface area contributed by atoms with E-state index in [-0.39, 0.29) is 17.7 Å². The number of carbonyl (C=O) groups excluding carboxylic acids is 2. The molecule has 0 bridgehead atoms. The van der Waals surface area contributed by atoms with Crippen LogP contribution in [-0.4, -0.2) is 36.9 Å². The lowest BCUT2D eigenvalue weighted by molar-refractivity contribution is 0.0633. The molecular formula is C13H15BrN2O2. The third-order valence-electron chi connectivity index (χ3n) is 2.98. The maximum absolute atomic E-state index is 12.2. The fourth-order valence-corrected chi connectivity index (χ4v) is 2.51. The zero-order valence-electron chi connectivity index (χ0n) is 10.4. The smallest absolute Gasteiger partial charge is 0.261 e. The standard InChI is InChI=1S/C13H15BrN2O2/c1-8(6-15-2)7-16-12(17)10-4-3-9(14)5-11(10)13(16)18/h3-5,8,15H,6-7H2,1-2H3. The third kappa shape index (κ3) is 2.33. The van der Waals surface area contributed by atoms with Crippen LogP contribution in [0.4, 0.5) is 0 Å². The molecule has 1 aliphatic heterocycles. The van der Waals surface area contributed by atoms with Crippen LogP contribution in [0, 0.1) is 5.92 Å². The van der Waals surface area contributed by atoms with Gasteiger partial charge in [0.1, 0.15) is 0 Å². The fraction of sp³-hybridized carbons (Fsp3) is 0.385. The number of amides is 2. The van der Waals surface area contributed by atoms with Gasteiger partial charge in [-0.3, -0.25) is 14.5 Å². The summed E-state index contributed by atoms with van der Waals surface area (Å²) in [5.74, 6) is -0.148. The van der Waals surface area contributed by atoms with Crippen molar-refractivity contribution in [3.8, 4) is 0 Å². The average Bonchev–Trinajstić information content (AvgIpc) is 2.55. The highest BCUT2D eigenvalue weighted by atomic mass is 79.9. The lowest BCUT2D eigenvalue weighted by atomic mass is 10.1. The Kier molecular flexibility index (Phi) is 3.82. The first-order valence-corrected chi connectivity index (χ1v) is 6.64. The molecule has 0 fully saturated rings. The van der Waals surface area contributed by atoms with Crippen molar-refractivity contribution in [2.45, 2.75) is 6.92 Å². The first-order chi connectivity index (χ1) is 8.54. The van der Waals surface area contributed by atoms with E-state index < -0.39 is 0 Å². The molecule has 0 spiro atoms. The zero-order chi connectivity index (χ0) is 13.3. The van der Waals surface area contributed by atoms with E-state index in [2.05, 4.69) is 21.2 Å². The van der Waals surface area contributed by atoms with Crippen LogP contribution in [0.2, 0.25) is 0 Å². The van der Waals surface area contributed by atoms with Crippen molar-refractivity contribution >= 4 is 27.7 Å². The van der Waals surface area contributed by atoms with Crippen LogP contribution in [-0.2, 0) is 0 Å². The minimum Gasteiger partial charge on any atom is -0.319 e. The van der Waals surface area contributed by atoms with E-state index in [1.807, 2.05) is 14.0 Å². The van der Waals surface area contributed by atoms with E-state index in [9.17, 15) is 9.59 Å². The van der Waals surface area contributed by atoms with Gasteiger partial charge in [0.25, 0.3) is 11.8 Å². The summed E-state index contributed by atoms with van der Waals surface area (Å²) in [5.41, 5.74) is 0.992. The number of rotatable bonds is 4. The van der Waals surface area contributed by atoms with Crippen LogP contribution >= 0.6 is 15.9 Å². The maximum atomic E-state index is 12.2. The molecule has 1 unspecified atom stereocenters. The van der Waals surface area contributed by atoms with Gasteiger partial charge in [0.2, 0.25) is 0 Å². The molecule has 4 nitrogen and oxygen atoms in total. The molecule has 1 aromatic carbocycles. The van der Waals surface area contributed by atoms with E-state index in [1.165, 1.54) is 4.90 Å². The number of fused-ring (bicyclic) bond motifs is 1. The van der Waals surface area contributed by atoms with Crippen molar-refractivity contribution in [3.05, 3.63) is 33.8 Å². The Bertz CT molecular complexity index is 502. The number of benzene rings is 1. The van der Waals surface area contributed by atoms with Gasteiger partial charge in [0, 0.05) is 11.0 Å². The number of nitrogens with one attached hydrogen (secondary N) is 1. The third-order valence-corrected chi connectivity index (χ3v) is 3.47. The predicted octanol–water partition coefficient (Wildman–Crippen LogP) is 1.90. The zero-order valence-corrected chi connectivity index (χ0v) is 12.0. The molecule has 1 aliphatic rings. The van der Waals surface area contributed by atoms with E-state index in [1.54, 1.807) is 18.2 Å². The molecule has 1 aromatic rings. The van der Waals surface area contributed by atoms with Crippen molar-refractivity contribution in [2.24, 2.45) is 5.92 Å². The van der Waals surface area contributed by atoms with Gasteiger partial charge < -0.3 is 5.32 Å². The fourth-order valence-electron chi connectivity index (χ4n) is 2.15. The molecule has 96 valence electrons. The molecule has 0 radical (unpaired) electrons. The Morgan fingerprint density at radius 1 is 1.28 bits per heavy atom. The van der Waals surface area contributed by atoms with Gasteiger partial charge >= 0.3 is 0 Å². The van der Waals surface area contributed by atoms with Crippen LogP contribution in [0.25, 0.3) is 0 Å². The minimum absolute atomic E-state index is 0.189. The van der Waals surface area contributed by atoms with Crippen LogP contribution in [0.1, 0.15) is 27.6 Å². The van der Waals surface area contributed by atoms with Gasteiger partial charge in [0.05, 0.1) is 11.1 Å². The first-order valence-electron chi connectivity index (χ1n) is 5.85. The summed E-state index contributed by atoms with van der Waals surface area (Å²) in [7, 11) is 1.86. The van der Waals surface area contributed by atoms with Gasteiger partial charge in [-0.2, -0.15) is 0 Å². The number of carbonyl (C=O) groups is 2. The number of imide groups is 1. The monoisotopic (exact) mass is 310 g/mol. The van der Waals surface area contributed by atoms with Gasteiger partial charge in [-0.1, -0.05) is 22.9 Å². The molecule has 0 saturated carbocycles. The van der Waals surface area contributed by atoms with Gasteiger partial charge in [-0.15, -0.1) is 0 Å². The van der Waals surface area contributed by atoms with Gasteiger partial charge in [-0.25, -0.2) is 0 Å². The summed E-state index contributed by atoms with van der Waals surface area (Å²) in [6.07, 6.45) is 0. The summed E-state index contributed by atoms with van der Waals surface area (Å²) in [5, 5.41) is 3.04.